The highest BCUT2D eigenvalue weighted by Gasteiger charge is 2.30. The van der Waals surface area contributed by atoms with Gasteiger partial charge in [-0.15, -0.1) is 0 Å². The van der Waals surface area contributed by atoms with Gasteiger partial charge in [0, 0.05) is 55.6 Å². The molecule has 5 heterocycles. The molecule has 176 valence electrons. The second-order valence-electron chi connectivity index (χ2n) is 10.8. The number of rotatable bonds is 7. The number of fused-ring (bicyclic) bond motifs is 1. The molecular formula is C28H34N6. The molecule has 5 rings (SSSR count). The molecule has 0 N–H and O–H groups in total. The molecule has 0 radical (unpaired) electrons. The van der Waals surface area contributed by atoms with Crippen molar-refractivity contribution in [2.45, 2.75) is 53.4 Å². The fourth-order valence-electron chi connectivity index (χ4n) is 4.77. The van der Waals surface area contributed by atoms with Gasteiger partial charge in [0.25, 0.3) is 0 Å². The predicted octanol–water partition coefficient (Wildman–Crippen LogP) is 5.14. The van der Waals surface area contributed by atoms with Gasteiger partial charge in [0.15, 0.2) is 0 Å². The van der Waals surface area contributed by atoms with Crippen LogP contribution in [0, 0.1) is 11.3 Å². The molecule has 4 aromatic heterocycles. The first-order chi connectivity index (χ1) is 16.3. The third kappa shape index (κ3) is 5.27. The Bertz CT molecular complexity index is 1290. The number of anilines is 1. The van der Waals surface area contributed by atoms with Crippen LogP contribution in [0.4, 0.5) is 5.82 Å². The van der Waals surface area contributed by atoms with Crippen molar-refractivity contribution < 1.29 is 0 Å². The van der Waals surface area contributed by atoms with Crippen LogP contribution in [-0.2, 0) is 19.3 Å². The highest BCUT2D eigenvalue weighted by Crippen LogP contribution is 2.32. The second kappa shape index (κ2) is 9.16. The monoisotopic (exact) mass is 454 g/mol. The van der Waals surface area contributed by atoms with Gasteiger partial charge in [0.05, 0.1) is 12.1 Å². The second-order valence-corrected chi connectivity index (χ2v) is 10.8. The molecule has 0 atom stereocenters. The maximum Gasteiger partial charge on any atom is 0.136 e. The molecule has 0 saturated carbocycles. The predicted molar refractivity (Wildman–Crippen MR) is 136 cm³/mol. The normalized spacial score (nSPS) is 15.5. The van der Waals surface area contributed by atoms with E-state index in [2.05, 4.69) is 80.2 Å². The Kier molecular flexibility index (Phi) is 6.07. The minimum atomic E-state index is 0.309. The first-order valence-electron chi connectivity index (χ1n) is 12.3. The van der Waals surface area contributed by atoms with Crippen LogP contribution in [0.15, 0.2) is 55.0 Å². The summed E-state index contributed by atoms with van der Waals surface area (Å²) in [7, 11) is 0. The van der Waals surface area contributed by atoms with Crippen molar-refractivity contribution in [3.63, 3.8) is 0 Å². The molecule has 1 aliphatic heterocycles. The summed E-state index contributed by atoms with van der Waals surface area (Å²) >= 11 is 0. The van der Waals surface area contributed by atoms with E-state index in [0.717, 1.165) is 60.3 Å². The molecule has 0 unspecified atom stereocenters. The molecule has 4 aromatic rings. The summed E-state index contributed by atoms with van der Waals surface area (Å²) in [6, 6.07) is 12.8. The zero-order valence-corrected chi connectivity index (χ0v) is 20.7. The highest BCUT2D eigenvalue weighted by atomic mass is 15.2. The van der Waals surface area contributed by atoms with Crippen molar-refractivity contribution in [1.29, 1.82) is 0 Å². The van der Waals surface area contributed by atoms with Crippen molar-refractivity contribution in [3.05, 3.63) is 83.5 Å². The van der Waals surface area contributed by atoms with Crippen molar-refractivity contribution >= 4 is 11.5 Å². The minimum Gasteiger partial charge on any atom is -0.356 e. The van der Waals surface area contributed by atoms with E-state index in [4.69, 9.17) is 15.0 Å². The van der Waals surface area contributed by atoms with Gasteiger partial charge >= 0.3 is 0 Å². The lowest BCUT2D eigenvalue weighted by Gasteiger charge is -2.21. The maximum atomic E-state index is 5.01. The van der Waals surface area contributed by atoms with Crippen LogP contribution in [0.2, 0.25) is 0 Å². The zero-order chi connectivity index (χ0) is 23.7. The van der Waals surface area contributed by atoms with Crippen LogP contribution < -0.4 is 4.90 Å². The van der Waals surface area contributed by atoms with Gasteiger partial charge in [-0.3, -0.25) is 4.98 Å². The molecule has 1 saturated heterocycles. The number of hydrogen-bond acceptors (Lipinski definition) is 5. The average molecular weight is 455 g/mol. The van der Waals surface area contributed by atoms with Gasteiger partial charge in [-0.1, -0.05) is 33.8 Å². The summed E-state index contributed by atoms with van der Waals surface area (Å²) in [4.78, 5) is 21.7. The lowest BCUT2D eigenvalue weighted by Crippen LogP contribution is -2.24. The number of nitrogens with zero attached hydrogens (tertiary/aromatic N) is 6. The van der Waals surface area contributed by atoms with E-state index in [0.29, 0.717) is 17.8 Å². The Morgan fingerprint density at radius 3 is 2.59 bits per heavy atom. The van der Waals surface area contributed by atoms with Gasteiger partial charge in [-0.05, 0) is 54.0 Å². The van der Waals surface area contributed by atoms with Crippen molar-refractivity contribution in [2.24, 2.45) is 11.3 Å². The van der Waals surface area contributed by atoms with E-state index in [1.54, 1.807) is 0 Å². The largest absolute Gasteiger partial charge is 0.356 e. The Labute approximate surface area is 202 Å². The summed E-state index contributed by atoms with van der Waals surface area (Å²) in [6.07, 6.45) is 9.42. The Hall–Kier alpha value is -3.28. The van der Waals surface area contributed by atoms with Crippen LogP contribution >= 0.6 is 0 Å². The van der Waals surface area contributed by atoms with E-state index < -0.39 is 0 Å². The molecule has 0 spiro atoms. The van der Waals surface area contributed by atoms with Crippen molar-refractivity contribution in [3.8, 4) is 0 Å². The molecule has 0 bridgehead atoms. The first kappa shape index (κ1) is 22.5. The van der Waals surface area contributed by atoms with Gasteiger partial charge in [-0.2, -0.15) is 0 Å². The van der Waals surface area contributed by atoms with Crippen LogP contribution in [0.3, 0.4) is 0 Å². The van der Waals surface area contributed by atoms with Crippen LogP contribution in [-0.4, -0.2) is 37.4 Å². The standard InChI is InChI=1S/C28H34N6/c1-20(2)14-22-6-5-7-23(30-22)17-25-31-24(15-21-8-11-33-13-10-29-26(33)16-21)18-27(32-25)34-12-9-28(3,4)19-34/h5-8,10-11,13,16,18,20H,9,12,14-15,17,19H2,1-4H3. The molecule has 0 aliphatic carbocycles. The first-order valence-corrected chi connectivity index (χ1v) is 12.3. The molecule has 0 aromatic carbocycles. The van der Waals surface area contributed by atoms with E-state index >= 15 is 0 Å². The van der Waals surface area contributed by atoms with E-state index in [1.165, 1.54) is 12.0 Å². The van der Waals surface area contributed by atoms with E-state index in [9.17, 15) is 0 Å². The fraction of sp³-hybridized carbons (Fsp3) is 0.429. The Balaban J connectivity index is 1.46. The van der Waals surface area contributed by atoms with Gasteiger partial charge in [0.2, 0.25) is 0 Å². The van der Waals surface area contributed by atoms with Crippen LogP contribution in [0.1, 0.15) is 62.6 Å². The van der Waals surface area contributed by atoms with Gasteiger partial charge in [0.1, 0.15) is 17.3 Å². The molecule has 34 heavy (non-hydrogen) atoms. The van der Waals surface area contributed by atoms with Crippen molar-refractivity contribution in [2.75, 3.05) is 18.0 Å². The van der Waals surface area contributed by atoms with Crippen LogP contribution in [0.5, 0.6) is 0 Å². The minimum absolute atomic E-state index is 0.309. The number of imidazole rings is 1. The Morgan fingerprint density at radius 1 is 0.941 bits per heavy atom. The van der Waals surface area contributed by atoms with E-state index in [-0.39, 0.29) is 0 Å². The quantitative estimate of drug-likeness (QED) is 0.387. The molecule has 6 heteroatoms. The van der Waals surface area contributed by atoms with Crippen LogP contribution in [0.25, 0.3) is 5.65 Å². The zero-order valence-electron chi connectivity index (χ0n) is 20.7. The Morgan fingerprint density at radius 2 is 1.79 bits per heavy atom. The van der Waals surface area contributed by atoms with Crippen molar-refractivity contribution in [1.82, 2.24) is 24.3 Å². The lowest BCUT2D eigenvalue weighted by molar-refractivity contribution is 0.418. The third-order valence-electron chi connectivity index (χ3n) is 6.48. The topological polar surface area (TPSA) is 59.2 Å². The van der Waals surface area contributed by atoms with Gasteiger partial charge < -0.3 is 9.30 Å². The summed E-state index contributed by atoms with van der Waals surface area (Å²) in [5, 5.41) is 0. The fourth-order valence-corrected chi connectivity index (χ4v) is 4.77. The summed E-state index contributed by atoms with van der Waals surface area (Å²) in [5.74, 6) is 2.46. The molecule has 1 fully saturated rings. The number of hydrogen-bond donors (Lipinski definition) is 0. The average Bonchev–Trinajstić information content (AvgIpc) is 3.39. The van der Waals surface area contributed by atoms with E-state index in [1.807, 2.05) is 16.8 Å². The summed E-state index contributed by atoms with van der Waals surface area (Å²) in [6.45, 7) is 11.2. The smallest absolute Gasteiger partial charge is 0.136 e. The molecule has 1 aliphatic rings. The SMILES string of the molecule is CC(C)Cc1cccc(Cc2nc(Cc3ccn4ccnc4c3)cc(N3CCC(C)(C)C3)n2)n1. The highest BCUT2D eigenvalue weighted by molar-refractivity contribution is 5.45. The number of aromatic nitrogens is 5. The summed E-state index contributed by atoms with van der Waals surface area (Å²) < 4.78 is 2.03. The third-order valence-corrected chi connectivity index (χ3v) is 6.48. The molecule has 0 amide bonds. The number of pyridine rings is 2. The summed E-state index contributed by atoms with van der Waals surface area (Å²) in [5.41, 5.74) is 5.68. The lowest BCUT2D eigenvalue weighted by atomic mass is 9.93. The molecule has 6 nitrogen and oxygen atoms in total. The van der Waals surface area contributed by atoms with Gasteiger partial charge in [-0.25, -0.2) is 15.0 Å². The maximum absolute atomic E-state index is 5.01. The molecular weight excluding hydrogens is 420 g/mol.